The van der Waals surface area contributed by atoms with Gasteiger partial charge < -0.3 is 10.5 Å². The molecule has 1 unspecified atom stereocenters. The Morgan fingerprint density at radius 1 is 1.18 bits per heavy atom. The fraction of sp³-hybridized carbons (Fsp3) is 0.571. The summed E-state index contributed by atoms with van der Waals surface area (Å²) in [5, 5.41) is 15.2. The van der Waals surface area contributed by atoms with Gasteiger partial charge in [-0.05, 0) is 46.2 Å². The molecule has 1 atom stereocenters. The Balaban J connectivity index is 2.18. The molecule has 0 saturated carbocycles. The summed E-state index contributed by atoms with van der Waals surface area (Å²) in [6, 6.07) is 10.4. The Morgan fingerprint density at radius 2 is 1.76 bits per heavy atom. The van der Waals surface area contributed by atoms with Gasteiger partial charge in [-0.1, -0.05) is 18.2 Å². The molecular formula is C14H22N2O. The average molecular weight is 234 g/mol. The number of benzene rings is 1. The summed E-state index contributed by atoms with van der Waals surface area (Å²) in [6.07, 6.45) is 0.922. The SMILES string of the molecule is CC1(C)CC(Nc2ccccc2)C(C)(C)N1O. The second-order valence-electron chi connectivity index (χ2n) is 6.04. The molecule has 1 aromatic carbocycles. The van der Waals surface area contributed by atoms with Gasteiger partial charge in [0.25, 0.3) is 0 Å². The number of anilines is 1. The van der Waals surface area contributed by atoms with Crippen molar-refractivity contribution in [1.82, 2.24) is 5.06 Å². The summed E-state index contributed by atoms with van der Waals surface area (Å²) < 4.78 is 0. The third-order valence-electron chi connectivity index (χ3n) is 3.79. The Bertz CT molecular complexity index is 386. The first kappa shape index (κ1) is 12.4. The van der Waals surface area contributed by atoms with Crippen LogP contribution in [0.25, 0.3) is 0 Å². The van der Waals surface area contributed by atoms with Crippen molar-refractivity contribution in [2.45, 2.75) is 51.2 Å². The molecule has 0 amide bonds. The second-order valence-corrected chi connectivity index (χ2v) is 6.04. The topological polar surface area (TPSA) is 35.5 Å². The lowest BCUT2D eigenvalue weighted by atomic mass is 9.94. The molecule has 2 N–H and O–H groups in total. The van der Waals surface area contributed by atoms with E-state index in [1.165, 1.54) is 5.06 Å². The van der Waals surface area contributed by atoms with Gasteiger partial charge in [0.15, 0.2) is 0 Å². The zero-order valence-corrected chi connectivity index (χ0v) is 11.1. The maximum Gasteiger partial charge on any atom is 0.0611 e. The molecule has 94 valence electrons. The van der Waals surface area contributed by atoms with Gasteiger partial charge in [0.1, 0.15) is 0 Å². The van der Waals surface area contributed by atoms with Crippen molar-refractivity contribution < 1.29 is 5.21 Å². The fourth-order valence-electron chi connectivity index (χ4n) is 2.73. The molecule has 1 aromatic rings. The summed E-state index contributed by atoms with van der Waals surface area (Å²) in [7, 11) is 0. The first-order valence-electron chi connectivity index (χ1n) is 6.15. The molecule has 0 spiro atoms. The number of hydroxylamine groups is 2. The molecule has 1 aliphatic heterocycles. The van der Waals surface area contributed by atoms with Gasteiger partial charge in [0.2, 0.25) is 0 Å². The van der Waals surface area contributed by atoms with Crippen LogP contribution in [-0.4, -0.2) is 27.4 Å². The van der Waals surface area contributed by atoms with Crippen LogP contribution in [0.3, 0.4) is 0 Å². The van der Waals surface area contributed by atoms with E-state index in [1.807, 2.05) is 18.2 Å². The van der Waals surface area contributed by atoms with Gasteiger partial charge in [-0.2, -0.15) is 5.06 Å². The minimum Gasteiger partial charge on any atom is -0.380 e. The lowest BCUT2D eigenvalue weighted by Gasteiger charge is -2.36. The highest BCUT2D eigenvalue weighted by Crippen LogP contribution is 2.40. The molecular weight excluding hydrogens is 212 g/mol. The zero-order valence-electron chi connectivity index (χ0n) is 11.1. The van der Waals surface area contributed by atoms with E-state index in [2.05, 4.69) is 45.1 Å². The number of hydrogen-bond acceptors (Lipinski definition) is 3. The van der Waals surface area contributed by atoms with E-state index >= 15 is 0 Å². The maximum absolute atomic E-state index is 10.2. The van der Waals surface area contributed by atoms with Crippen LogP contribution in [0.2, 0.25) is 0 Å². The summed E-state index contributed by atoms with van der Waals surface area (Å²) in [5.41, 5.74) is 0.659. The van der Waals surface area contributed by atoms with E-state index < -0.39 is 0 Å². The van der Waals surface area contributed by atoms with Crippen LogP contribution in [0, 0.1) is 0 Å². The third-order valence-corrected chi connectivity index (χ3v) is 3.79. The van der Waals surface area contributed by atoms with Gasteiger partial charge in [-0.3, -0.25) is 0 Å². The monoisotopic (exact) mass is 234 g/mol. The Morgan fingerprint density at radius 3 is 2.24 bits per heavy atom. The molecule has 1 fully saturated rings. The average Bonchev–Trinajstić information content (AvgIpc) is 2.41. The highest BCUT2D eigenvalue weighted by Gasteiger charge is 2.51. The van der Waals surface area contributed by atoms with Gasteiger partial charge in [-0.25, -0.2) is 0 Å². The smallest absolute Gasteiger partial charge is 0.0611 e. The maximum atomic E-state index is 10.2. The first-order valence-corrected chi connectivity index (χ1v) is 6.15. The van der Waals surface area contributed by atoms with Crippen LogP contribution in [-0.2, 0) is 0 Å². The van der Waals surface area contributed by atoms with Crippen molar-refractivity contribution in [2.75, 3.05) is 5.32 Å². The molecule has 3 nitrogen and oxygen atoms in total. The van der Waals surface area contributed by atoms with Crippen LogP contribution in [0.5, 0.6) is 0 Å². The summed E-state index contributed by atoms with van der Waals surface area (Å²) in [5.74, 6) is 0. The van der Waals surface area contributed by atoms with E-state index in [-0.39, 0.29) is 17.1 Å². The van der Waals surface area contributed by atoms with Crippen molar-refractivity contribution >= 4 is 5.69 Å². The number of nitrogens with one attached hydrogen (secondary N) is 1. The predicted molar refractivity (Wildman–Crippen MR) is 70.3 cm³/mol. The number of para-hydroxylation sites is 1. The van der Waals surface area contributed by atoms with Crippen molar-refractivity contribution in [3.05, 3.63) is 30.3 Å². The molecule has 0 bridgehead atoms. The Labute approximate surface area is 103 Å². The van der Waals surface area contributed by atoms with Crippen molar-refractivity contribution in [3.63, 3.8) is 0 Å². The third kappa shape index (κ3) is 2.17. The van der Waals surface area contributed by atoms with Gasteiger partial charge in [0.05, 0.1) is 5.54 Å². The lowest BCUT2D eigenvalue weighted by molar-refractivity contribution is -0.192. The van der Waals surface area contributed by atoms with E-state index in [9.17, 15) is 5.21 Å². The first-order chi connectivity index (χ1) is 7.84. The van der Waals surface area contributed by atoms with Crippen LogP contribution >= 0.6 is 0 Å². The van der Waals surface area contributed by atoms with E-state index in [4.69, 9.17) is 0 Å². The molecule has 3 heteroatoms. The van der Waals surface area contributed by atoms with Crippen molar-refractivity contribution in [3.8, 4) is 0 Å². The zero-order chi connectivity index (χ0) is 12.7. The number of nitrogens with zero attached hydrogens (tertiary/aromatic N) is 1. The van der Waals surface area contributed by atoms with E-state index in [0.29, 0.717) is 0 Å². The molecule has 0 aliphatic carbocycles. The summed E-state index contributed by atoms with van der Waals surface area (Å²) in [6.45, 7) is 8.29. The van der Waals surface area contributed by atoms with Crippen LogP contribution in [0.15, 0.2) is 30.3 Å². The van der Waals surface area contributed by atoms with Crippen molar-refractivity contribution in [1.29, 1.82) is 0 Å². The molecule has 17 heavy (non-hydrogen) atoms. The minimum atomic E-state index is -0.265. The quantitative estimate of drug-likeness (QED) is 0.825. The van der Waals surface area contributed by atoms with Gasteiger partial charge in [-0.15, -0.1) is 0 Å². The predicted octanol–water partition coefficient (Wildman–Crippen LogP) is 3.12. The molecule has 2 rings (SSSR count). The molecule has 0 radical (unpaired) electrons. The molecule has 0 aromatic heterocycles. The normalized spacial score (nSPS) is 27.0. The molecule has 1 saturated heterocycles. The van der Waals surface area contributed by atoms with Gasteiger partial charge in [0, 0.05) is 17.3 Å². The van der Waals surface area contributed by atoms with Crippen LogP contribution in [0.4, 0.5) is 5.69 Å². The largest absolute Gasteiger partial charge is 0.380 e. The summed E-state index contributed by atoms with van der Waals surface area (Å²) >= 11 is 0. The van der Waals surface area contributed by atoms with E-state index in [1.54, 1.807) is 0 Å². The summed E-state index contributed by atoms with van der Waals surface area (Å²) in [4.78, 5) is 0. The van der Waals surface area contributed by atoms with Crippen molar-refractivity contribution in [2.24, 2.45) is 0 Å². The second kappa shape index (κ2) is 4.00. The van der Waals surface area contributed by atoms with Crippen LogP contribution < -0.4 is 5.32 Å². The molecule has 1 heterocycles. The number of hydrogen-bond donors (Lipinski definition) is 2. The molecule has 1 aliphatic rings. The Hall–Kier alpha value is -1.06. The fourth-order valence-corrected chi connectivity index (χ4v) is 2.73. The standard InChI is InChI=1S/C14H22N2O/c1-13(2)10-12(14(3,4)16(13)17)15-11-8-6-5-7-9-11/h5-9,12,15,17H,10H2,1-4H3. The minimum absolute atomic E-state index is 0.185. The Kier molecular flexibility index (Phi) is 2.92. The highest BCUT2D eigenvalue weighted by molar-refractivity contribution is 5.44. The van der Waals surface area contributed by atoms with Crippen LogP contribution in [0.1, 0.15) is 34.1 Å². The van der Waals surface area contributed by atoms with Gasteiger partial charge >= 0.3 is 0 Å². The number of rotatable bonds is 2. The van der Waals surface area contributed by atoms with E-state index in [0.717, 1.165) is 12.1 Å². The lowest BCUT2D eigenvalue weighted by Crippen LogP contribution is -2.50. The highest BCUT2D eigenvalue weighted by atomic mass is 16.5.